The van der Waals surface area contributed by atoms with E-state index in [1.165, 1.54) is 12.8 Å². The first-order chi connectivity index (χ1) is 8.44. The number of likely N-dealkylation sites (tertiary alicyclic amines) is 1. The predicted octanol–water partition coefficient (Wildman–Crippen LogP) is 1.87. The van der Waals surface area contributed by atoms with E-state index in [-0.39, 0.29) is 5.91 Å². The molecule has 1 saturated heterocycles. The van der Waals surface area contributed by atoms with Crippen LogP contribution in [-0.4, -0.2) is 48.9 Å². The summed E-state index contributed by atoms with van der Waals surface area (Å²) >= 11 is 0. The summed E-state index contributed by atoms with van der Waals surface area (Å²) in [6.07, 6.45) is 3.42. The summed E-state index contributed by atoms with van der Waals surface area (Å²) in [4.78, 5) is 15.8. The molecule has 1 rings (SSSR count). The number of hydrogen-bond acceptors (Lipinski definition) is 3. The predicted molar refractivity (Wildman–Crippen MR) is 71.9 cm³/mol. The summed E-state index contributed by atoms with van der Waals surface area (Å²) in [6.45, 7) is 8.22. The van der Waals surface area contributed by atoms with Gasteiger partial charge in [0.2, 0.25) is 5.91 Å². The standard InChI is InChI=1S/C14H25N3O/c1-14(2)6-11-17(12-7-14)10-5-13(18)16(3)9-4-8-15/h4-7,9-12H2,1-3H3. The van der Waals surface area contributed by atoms with Gasteiger partial charge in [-0.1, -0.05) is 13.8 Å². The Morgan fingerprint density at radius 2 is 2.00 bits per heavy atom. The maximum Gasteiger partial charge on any atom is 0.223 e. The fraction of sp³-hybridized carbons (Fsp3) is 0.857. The zero-order valence-corrected chi connectivity index (χ0v) is 11.9. The van der Waals surface area contributed by atoms with E-state index in [1.54, 1.807) is 11.9 Å². The second-order valence-electron chi connectivity index (χ2n) is 5.98. The van der Waals surface area contributed by atoms with Crippen molar-refractivity contribution in [3.8, 4) is 6.07 Å². The highest BCUT2D eigenvalue weighted by Crippen LogP contribution is 2.29. The molecule has 0 aromatic rings. The lowest BCUT2D eigenvalue weighted by Crippen LogP contribution is -2.39. The van der Waals surface area contributed by atoms with Crippen molar-refractivity contribution in [3.63, 3.8) is 0 Å². The molecule has 0 aromatic heterocycles. The molecule has 4 heteroatoms. The second-order valence-corrected chi connectivity index (χ2v) is 5.98. The largest absolute Gasteiger partial charge is 0.345 e. The third-order valence-electron chi connectivity index (χ3n) is 3.84. The smallest absolute Gasteiger partial charge is 0.223 e. The van der Waals surface area contributed by atoms with Crippen LogP contribution >= 0.6 is 0 Å². The van der Waals surface area contributed by atoms with Crippen LogP contribution < -0.4 is 0 Å². The maximum atomic E-state index is 11.8. The van der Waals surface area contributed by atoms with Gasteiger partial charge in [-0.25, -0.2) is 0 Å². The van der Waals surface area contributed by atoms with Crippen molar-refractivity contribution < 1.29 is 4.79 Å². The van der Waals surface area contributed by atoms with Crippen molar-refractivity contribution in [3.05, 3.63) is 0 Å². The molecule has 18 heavy (non-hydrogen) atoms. The molecule has 0 spiro atoms. The van der Waals surface area contributed by atoms with Gasteiger partial charge in [0.1, 0.15) is 0 Å². The zero-order valence-electron chi connectivity index (χ0n) is 11.9. The molecule has 0 N–H and O–H groups in total. The minimum Gasteiger partial charge on any atom is -0.345 e. The lowest BCUT2D eigenvalue weighted by Gasteiger charge is -2.36. The van der Waals surface area contributed by atoms with Gasteiger partial charge < -0.3 is 9.80 Å². The highest BCUT2D eigenvalue weighted by atomic mass is 16.2. The van der Waals surface area contributed by atoms with Gasteiger partial charge in [-0.05, 0) is 31.3 Å². The number of hydrogen-bond donors (Lipinski definition) is 0. The molecular weight excluding hydrogens is 226 g/mol. The van der Waals surface area contributed by atoms with E-state index in [4.69, 9.17) is 5.26 Å². The molecule has 0 aromatic carbocycles. The van der Waals surface area contributed by atoms with Crippen molar-refractivity contribution in [1.82, 2.24) is 9.80 Å². The van der Waals surface area contributed by atoms with Crippen molar-refractivity contribution in [1.29, 1.82) is 5.26 Å². The summed E-state index contributed by atoms with van der Waals surface area (Å²) < 4.78 is 0. The van der Waals surface area contributed by atoms with Gasteiger partial charge in [-0.3, -0.25) is 4.79 Å². The normalized spacial score (nSPS) is 19.2. The molecule has 1 amide bonds. The second kappa shape index (κ2) is 6.75. The molecule has 1 heterocycles. The monoisotopic (exact) mass is 251 g/mol. The molecule has 1 fully saturated rings. The molecule has 0 atom stereocenters. The van der Waals surface area contributed by atoms with Crippen LogP contribution in [0.1, 0.15) is 39.5 Å². The van der Waals surface area contributed by atoms with E-state index in [1.807, 2.05) is 0 Å². The van der Waals surface area contributed by atoms with Crippen molar-refractivity contribution >= 4 is 5.91 Å². The first kappa shape index (κ1) is 15.0. The Morgan fingerprint density at radius 3 is 2.56 bits per heavy atom. The Labute approximate surface area is 111 Å². The summed E-state index contributed by atoms with van der Waals surface area (Å²) in [5, 5.41) is 8.48. The fourth-order valence-corrected chi connectivity index (χ4v) is 2.17. The zero-order chi connectivity index (χ0) is 13.6. The fourth-order valence-electron chi connectivity index (χ4n) is 2.17. The van der Waals surface area contributed by atoms with Crippen LogP contribution in [0.3, 0.4) is 0 Å². The number of nitriles is 1. The van der Waals surface area contributed by atoms with Crippen LogP contribution in [0.4, 0.5) is 0 Å². The minimum atomic E-state index is 0.148. The molecular formula is C14H25N3O. The lowest BCUT2D eigenvalue weighted by molar-refractivity contribution is -0.130. The van der Waals surface area contributed by atoms with Gasteiger partial charge in [-0.2, -0.15) is 5.26 Å². The number of carbonyl (C=O) groups is 1. The molecule has 102 valence electrons. The Hall–Kier alpha value is -1.08. The van der Waals surface area contributed by atoms with Crippen LogP contribution in [0.25, 0.3) is 0 Å². The average Bonchev–Trinajstić information content (AvgIpc) is 2.34. The van der Waals surface area contributed by atoms with Crippen LogP contribution in [0, 0.1) is 16.7 Å². The van der Waals surface area contributed by atoms with Gasteiger partial charge in [0.25, 0.3) is 0 Å². The van der Waals surface area contributed by atoms with Gasteiger partial charge in [0.15, 0.2) is 0 Å². The quantitative estimate of drug-likeness (QED) is 0.749. The number of piperidine rings is 1. The highest BCUT2D eigenvalue weighted by molar-refractivity contribution is 5.76. The van der Waals surface area contributed by atoms with Crippen LogP contribution in [0.15, 0.2) is 0 Å². The molecule has 0 radical (unpaired) electrons. The molecule has 1 aliphatic rings. The van der Waals surface area contributed by atoms with E-state index in [2.05, 4.69) is 24.8 Å². The van der Waals surface area contributed by atoms with Crippen LogP contribution in [0.2, 0.25) is 0 Å². The van der Waals surface area contributed by atoms with E-state index in [0.29, 0.717) is 24.8 Å². The highest BCUT2D eigenvalue weighted by Gasteiger charge is 2.25. The first-order valence-electron chi connectivity index (χ1n) is 6.78. The molecule has 0 bridgehead atoms. The number of rotatable bonds is 5. The topological polar surface area (TPSA) is 47.3 Å². The van der Waals surface area contributed by atoms with Gasteiger partial charge in [-0.15, -0.1) is 0 Å². The Kier molecular flexibility index (Phi) is 5.61. The van der Waals surface area contributed by atoms with Crippen LogP contribution in [-0.2, 0) is 4.79 Å². The third-order valence-corrected chi connectivity index (χ3v) is 3.84. The van der Waals surface area contributed by atoms with E-state index >= 15 is 0 Å². The summed E-state index contributed by atoms with van der Waals surface area (Å²) in [5.74, 6) is 0.148. The molecule has 0 unspecified atom stereocenters. The summed E-state index contributed by atoms with van der Waals surface area (Å²) in [7, 11) is 1.78. The number of nitrogens with zero attached hydrogens (tertiary/aromatic N) is 3. The average molecular weight is 251 g/mol. The van der Waals surface area contributed by atoms with E-state index < -0.39 is 0 Å². The molecule has 1 aliphatic heterocycles. The van der Waals surface area contributed by atoms with E-state index in [0.717, 1.165) is 19.6 Å². The van der Waals surface area contributed by atoms with Gasteiger partial charge >= 0.3 is 0 Å². The SMILES string of the molecule is CN(CCC#N)C(=O)CCN1CCC(C)(C)CC1. The Bertz CT molecular complexity index is 309. The van der Waals surface area contributed by atoms with Crippen LogP contribution in [0.5, 0.6) is 0 Å². The summed E-state index contributed by atoms with van der Waals surface area (Å²) in [5.41, 5.74) is 0.462. The molecule has 0 aliphatic carbocycles. The molecule has 4 nitrogen and oxygen atoms in total. The van der Waals surface area contributed by atoms with Crippen molar-refractivity contribution in [2.24, 2.45) is 5.41 Å². The van der Waals surface area contributed by atoms with Gasteiger partial charge in [0.05, 0.1) is 12.5 Å². The number of carbonyl (C=O) groups excluding carboxylic acids is 1. The van der Waals surface area contributed by atoms with Gasteiger partial charge in [0, 0.05) is 26.6 Å². The maximum absolute atomic E-state index is 11.8. The third kappa shape index (κ3) is 5.05. The summed E-state index contributed by atoms with van der Waals surface area (Å²) in [6, 6.07) is 2.06. The number of amides is 1. The molecule has 0 saturated carbocycles. The van der Waals surface area contributed by atoms with E-state index in [9.17, 15) is 4.79 Å². The first-order valence-corrected chi connectivity index (χ1v) is 6.78. The van der Waals surface area contributed by atoms with Crippen molar-refractivity contribution in [2.45, 2.75) is 39.5 Å². The lowest BCUT2D eigenvalue weighted by atomic mass is 9.83. The minimum absolute atomic E-state index is 0.148. The Balaban J connectivity index is 2.21. The Morgan fingerprint density at radius 1 is 1.39 bits per heavy atom. The van der Waals surface area contributed by atoms with Crippen molar-refractivity contribution in [2.75, 3.05) is 33.2 Å².